The number of fused-ring (bicyclic) bond motifs is 1. The fourth-order valence-electron chi connectivity index (χ4n) is 2.46. The molecule has 3 rings (SSSR count). The van der Waals surface area contributed by atoms with Crippen molar-refractivity contribution in [1.29, 1.82) is 0 Å². The van der Waals surface area contributed by atoms with Crippen LogP contribution in [-0.4, -0.2) is 15.7 Å². The van der Waals surface area contributed by atoms with Crippen molar-refractivity contribution in [1.82, 2.24) is 9.78 Å². The second kappa shape index (κ2) is 2.96. The second-order valence-corrected chi connectivity index (χ2v) is 5.66. The Morgan fingerprint density at radius 2 is 2.20 bits per heavy atom. The van der Waals surface area contributed by atoms with E-state index in [-0.39, 0.29) is 5.91 Å². The summed E-state index contributed by atoms with van der Waals surface area (Å²) in [7, 11) is 0. The Balaban J connectivity index is 2.06. The molecule has 1 spiro atoms. The molecule has 1 aliphatic carbocycles. The van der Waals surface area contributed by atoms with E-state index in [0.29, 0.717) is 11.0 Å². The van der Waals surface area contributed by atoms with Crippen LogP contribution in [0, 0.1) is 9.12 Å². The molecule has 0 unspecified atom stereocenters. The van der Waals surface area contributed by atoms with Crippen molar-refractivity contribution in [2.75, 3.05) is 0 Å². The van der Waals surface area contributed by atoms with Gasteiger partial charge in [-0.1, -0.05) is 0 Å². The van der Waals surface area contributed by atoms with Gasteiger partial charge in [0.2, 0.25) is 0 Å². The van der Waals surface area contributed by atoms with Gasteiger partial charge in [-0.3, -0.25) is 9.48 Å². The molecular formula is C10H12IN3O. The Labute approximate surface area is 101 Å². The molecule has 1 aromatic heterocycles. The largest absolute Gasteiger partial charge is 0.365 e. The predicted molar refractivity (Wildman–Crippen MR) is 63.4 cm³/mol. The molecule has 1 aromatic rings. The predicted octanol–water partition coefficient (Wildman–Crippen LogP) is 1.31. The second-order valence-electron chi connectivity index (χ2n) is 4.63. The van der Waals surface area contributed by atoms with Gasteiger partial charge < -0.3 is 5.73 Å². The molecule has 4 nitrogen and oxygen atoms in total. The third-order valence-corrected chi connectivity index (χ3v) is 4.35. The molecule has 5 heteroatoms. The van der Waals surface area contributed by atoms with Crippen LogP contribution in [0.1, 0.15) is 35.3 Å². The van der Waals surface area contributed by atoms with Gasteiger partial charge in [-0.05, 0) is 53.7 Å². The maximum atomic E-state index is 11.3. The van der Waals surface area contributed by atoms with Gasteiger partial charge in [-0.15, -0.1) is 0 Å². The van der Waals surface area contributed by atoms with Gasteiger partial charge in [0.1, 0.15) is 3.70 Å². The van der Waals surface area contributed by atoms with E-state index in [1.165, 1.54) is 19.3 Å². The van der Waals surface area contributed by atoms with Gasteiger partial charge in [-0.25, -0.2) is 0 Å². The van der Waals surface area contributed by atoms with E-state index in [4.69, 9.17) is 5.73 Å². The van der Waals surface area contributed by atoms with E-state index in [0.717, 1.165) is 22.4 Å². The van der Waals surface area contributed by atoms with Crippen LogP contribution in [0.2, 0.25) is 0 Å². The van der Waals surface area contributed by atoms with Crippen molar-refractivity contribution in [2.24, 2.45) is 11.1 Å². The maximum Gasteiger partial charge on any atom is 0.253 e. The fraction of sp³-hybridized carbons (Fsp3) is 0.600. The van der Waals surface area contributed by atoms with Crippen molar-refractivity contribution in [3.63, 3.8) is 0 Å². The number of hydrogen-bond acceptors (Lipinski definition) is 2. The average molecular weight is 317 g/mol. The molecule has 0 radical (unpaired) electrons. The van der Waals surface area contributed by atoms with Crippen LogP contribution in [0.5, 0.6) is 0 Å². The molecule has 2 N–H and O–H groups in total. The summed E-state index contributed by atoms with van der Waals surface area (Å²) in [6.07, 6.45) is 4.77. The highest BCUT2D eigenvalue weighted by Crippen LogP contribution is 2.53. The summed E-state index contributed by atoms with van der Waals surface area (Å²) in [5.41, 5.74) is 7.57. The average Bonchev–Trinajstić information content (AvgIpc) is 2.80. The van der Waals surface area contributed by atoms with Crippen molar-refractivity contribution in [3.05, 3.63) is 15.0 Å². The molecule has 15 heavy (non-hydrogen) atoms. The lowest BCUT2D eigenvalue weighted by molar-refractivity contribution is 0.0997. The first-order chi connectivity index (χ1) is 7.11. The van der Waals surface area contributed by atoms with Crippen LogP contribution in [-0.2, 0) is 13.0 Å². The first kappa shape index (κ1) is 9.62. The highest BCUT2D eigenvalue weighted by Gasteiger charge is 2.46. The summed E-state index contributed by atoms with van der Waals surface area (Å²) in [5, 5.41) is 4.41. The monoisotopic (exact) mass is 317 g/mol. The lowest BCUT2D eigenvalue weighted by atomic mass is 9.94. The van der Waals surface area contributed by atoms with Crippen LogP contribution >= 0.6 is 22.6 Å². The van der Waals surface area contributed by atoms with Crippen LogP contribution in [0.3, 0.4) is 0 Å². The molecule has 2 heterocycles. The van der Waals surface area contributed by atoms with Crippen molar-refractivity contribution in [3.8, 4) is 0 Å². The Bertz CT molecular complexity index is 448. The van der Waals surface area contributed by atoms with Crippen LogP contribution in [0.15, 0.2) is 0 Å². The van der Waals surface area contributed by atoms with E-state index >= 15 is 0 Å². The van der Waals surface area contributed by atoms with E-state index in [1.807, 2.05) is 4.68 Å². The molecule has 0 atom stereocenters. The zero-order valence-corrected chi connectivity index (χ0v) is 10.5. The Morgan fingerprint density at radius 1 is 1.47 bits per heavy atom. The highest BCUT2D eigenvalue weighted by molar-refractivity contribution is 14.1. The summed E-state index contributed by atoms with van der Waals surface area (Å²) >= 11 is 2.10. The van der Waals surface area contributed by atoms with Crippen LogP contribution < -0.4 is 5.73 Å². The molecule has 2 aliphatic rings. The van der Waals surface area contributed by atoms with Gasteiger partial charge >= 0.3 is 0 Å². The summed E-state index contributed by atoms with van der Waals surface area (Å²) in [6, 6.07) is 0. The van der Waals surface area contributed by atoms with E-state index < -0.39 is 0 Å². The Hall–Kier alpha value is -0.590. The zero-order chi connectivity index (χ0) is 10.6. The van der Waals surface area contributed by atoms with Crippen molar-refractivity contribution in [2.45, 2.75) is 32.2 Å². The van der Waals surface area contributed by atoms with Crippen molar-refractivity contribution >= 4 is 28.5 Å². The number of nitrogens with zero attached hydrogens (tertiary/aromatic N) is 2. The number of hydrogen-bond donors (Lipinski definition) is 1. The summed E-state index contributed by atoms with van der Waals surface area (Å²) < 4.78 is 2.76. The van der Waals surface area contributed by atoms with Gasteiger partial charge in [-0.2, -0.15) is 5.10 Å². The number of aromatic nitrogens is 2. The minimum Gasteiger partial charge on any atom is -0.365 e. The maximum absolute atomic E-state index is 11.3. The minimum atomic E-state index is -0.340. The summed E-state index contributed by atoms with van der Waals surface area (Å²) in [6.45, 7) is 0.978. The molecule has 1 fully saturated rings. The third kappa shape index (κ3) is 1.39. The quantitative estimate of drug-likeness (QED) is 0.794. The number of primary amides is 1. The highest BCUT2D eigenvalue weighted by atomic mass is 127. The topological polar surface area (TPSA) is 60.9 Å². The van der Waals surface area contributed by atoms with E-state index in [2.05, 4.69) is 27.7 Å². The van der Waals surface area contributed by atoms with Crippen LogP contribution in [0.4, 0.5) is 0 Å². The Morgan fingerprint density at radius 3 is 2.80 bits per heavy atom. The molecule has 1 amide bonds. The number of halogens is 1. The first-order valence-electron chi connectivity index (χ1n) is 5.16. The molecule has 0 aromatic carbocycles. The third-order valence-electron chi connectivity index (χ3n) is 3.60. The molecule has 0 saturated heterocycles. The Kier molecular flexibility index (Phi) is 1.90. The lowest BCUT2D eigenvalue weighted by Crippen LogP contribution is -2.24. The van der Waals surface area contributed by atoms with E-state index in [1.54, 1.807) is 0 Å². The van der Waals surface area contributed by atoms with Crippen molar-refractivity contribution < 1.29 is 4.79 Å². The number of amides is 1. The zero-order valence-electron chi connectivity index (χ0n) is 8.29. The van der Waals surface area contributed by atoms with Gasteiger partial charge in [0.25, 0.3) is 5.91 Å². The molecule has 80 valence electrons. The minimum absolute atomic E-state index is 0.340. The fourth-order valence-corrected chi connectivity index (χ4v) is 3.30. The normalized spacial score (nSPS) is 21.4. The number of rotatable bonds is 1. The molecular weight excluding hydrogens is 305 g/mol. The molecule has 1 aliphatic heterocycles. The molecule has 1 saturated carbocycles. The van der Waals surface area contributed by atoms with Gasteiger partial charge in [0.15, 0.2) is 0 Å². The molecule has 0 bridgehead atoms. The smallest absolute Gasteiger partial charge is 0.253 e. The number of nitrogens with two attached hydrogens (primary N) is 1. The van der Waals surface area contributed by atoms with Gasteiger partial charge in [0.05, 0.1) is 11.3 Å². The first-order valence-corrected chi connectivity index (χ1v) is 6.24. The van der Waals surface area contributed by atoms with E-state index in [9.17, 15) is 4.79 Å². The number of carbonyl (C=O) groups is 1. The number of carbonyl (C=O) groups excluding carboxylic acids is 1. The SMILES string of the molecule is NC(=O)c1c(I)nn2c1CCC1(CC1)C2. The summed E-state index contributed by atoms with van der Waals surface area (Å²) in [5.74, 6) is -0.340. The van der Waals surface area contributed by atoms with Crippen LogP contribution in [0.25, 0.3) is 0 Å². The standard InChI is InChI=1S/C10H12IN3O/c11-8-7(9(12)15)6-1-2-10(3-4-10)5-14(6)13-8/h1-5H2,(H2,12,15). The summed E-state index contributed by atoms with van der Waals surface area (Å²) in [4.78, 5) is 11.3. The lowest BCUT2D eigenvalue weighted by Gasteiger charge is -2.22. The van der Waals surface area contributed by atoms with Gasteiger partial charge in [0, 0.05) is 6.54 Å².